The molecule has 28 heavy (non-hydrogen) atoms. The number of aryl methyl sites for hydroxylation is 1. The van der Waals surface area contributed by atoms with Gasteiger partial charge in [-0.2, -0.15) is 4.37 Å². The van der Waals surface area contributed by atoms with Gasteiger partial charge in [0.05, 0.1) is 11.3 Å². The standard InChI is InChI=1S/C22H22N4OS/c1-14-20(22(23-2)28-26-14)21(27)25-12-17(15-8-4-3-5-9-15)18-13-24-19-11-7-6-10-16(18)19/h3-11,13,17,23-24H,12H2,1-2H3,(H,25,27). The Balaban J connectivity index is 1.66. The number of nitrogens with zero attached hydrogens (tertiary/aromatic N) is 1. The summed E-state index contributed by atoms with van der Waals surface area (Å²) in [6.07, 6.45) is 2.05. The average Bonchev–Trinajstić information content (AvgIpc) is 3.32. The van der Waals surface area contributed by atoms with Crippen molar-refractivity contribution in [1.82, 2.24) is 14.7 Å². The Kier molecular flexibility index (Phi) is 5.12. The predicted molar refractivity (Wildman–Crippen MR) is 115 cm³/mol. The van der Waals surface area contributed by atoms with E-state index in [4.69, 9.17) is 0 Å². The molecule has 5 nitrogen and oxygen atoms in total. The van der Waals surface area contributed by atoms with Crippen molar-refractivity contribution in [1.29, 1.82) is 0 Å². The summed E-state index contributed by atoms with van der Waals surface area (Å²) in [7, 11) is 1.81. The highest BCUT2D eigenvalue weighted by molar-refractivity contribution is 7.10. The fraction of sp³-hybridized carbons (Fsp3) is 0.182. The molecule has 0 bridgehead atoms. The SMILES string of the molecule is CNc1snc(C)c1C(=O)NCC(c1ccccc1)c1c[nH]c2ccccc12. The Morgan fingerprint density at radius 1 is 1.14 bits per heavy atom. The molecule has 1 atom stereocenters. The number of amides is 1. The third kappa shape index (κ3) is 3.39. The molecule has 0 saturated carbocycles. The van der Waals surface area contributed by atoms with Crippen molar-refractivity contribution in [3.8, 4) is 0 Å². The smallest absolute Gasteiger partial charge is 0.256 e. The minimum absolute atomic E-state index is 0.0474. The number of carbonyl (C=O) groups is 1. The third-order valence-corrected chi connectivity index (χ3v) is 5.94. The largest absolute Gasteiger partial charge is 0.378 e. The van der Waals surface area contributed by atoms with Crippen molar-refractivity contribution in [2.75, 3.05) is 18.9 Å². The Morgan fingerprint density at radius 3 is 2.68 bits per heavy atom. The molecule has 142 valence electrons. The first-order valence-corrected chi connectivity index (χ1v) is 9.99. The lowest BCUT2D eigenvalue weighted by molar-refractivity contribution is 0.0953. The molecule has 0 spiro atoms. The molecular formula is C22H22N4OS. The van der Waals surface area contributed by atoms with Crippen molar-refractivity contribution in [3.05, 3.63) is 83.2 Å². The van der Waals surface area contributed by atoms with Crippen LogP contribution < -0.4 is 10.6 Å². The van der Waals surface area contributed by atoms with Crippen molar-refractivity contribution < 1.29 is 4.79 Å². The topological polar surface area (TPSA) is 69.8 Å². The summed E-state index contributed by atoms with van der Waals surface area (Å²) in [5.74, 6) is -0.0531. The van der Waals surface area contributed by atoms with Crippen LogP contribution in [0.25, 0.3) is 10.9 Å². The van der Waals surface area contributed by atoms with Gasteiger partial charge in [0.2, 0.25) is 0 Å². The van der Waals surface area contributed by atoms with Crippen LogP contribution in [-0.2, 0) is 0 Å². The van der Waals surface area contributed by atoms with Gasteiger partial charge in [-0.25, -0.2) is 0 Å². The number of para-hydroxylation sites is 1. The van der Waals surface area contributed by atoms with Crippen LogP contribution in [0.3, 0.4) is 0 Å². The monoisotopic (exact) mass is 390 g/mol. The van der Waals surface area contributed by atoms with E-state index in [0.717, 1.165) is 16.2 Å². The molecule has 2 aromatic heterocycles. The van der Waals surface area contributed by atoms with Crippen molar-refractivity contribution in [2.24, 2.45) is 0 Å². The summed E-state index contributed by atoms with van der Waals surface area (Å²) in [4.78, 5) is 16.2. The van der Waals surface area contributed by atoms with Gasteiger partial charge in [0, 0.05) is 36.6 Å². The molecule has 0 aliphatic heterocycles. The van der Waals surface area contributed by atoms with Gasteiger partial charge < -0.3 is 15.6 Å². The van der Waals surface area contributed by atoms with Gasteiger partial charge in [0.15, 0.2) is 0 Å². The van der Waals surface area contributed by atoms with Crippen LogP contribution in [0.4, 0.5) is 5.00 Å². The van der Waals surface area contributed by atoms with Gasteiger partial charge in [-0.3, -0.25) is 4.79 Å². The lowest BCUT2D eigenvalue weighted by Crippen LogP contribution is -2.29. The van der Waals surface area contributed by atoms with Crippen LogP contribution in [0.2, 0.25) is 0 Å². The molecule has 4 aromatic rings. The van der Waals surface area contributed by atoms with Crippen molar-refractivity contribution >= 4 is 33.3 Å². The van der Waals surface area contributed by atoms with Crippen LogP contribution in [0, 0.1) is 6.92 Å². The minimum atomic E-state index is -0.101. The third-order valence-electron chi connectivity index (χ3n) is 4.98. The van der Waals surface area contributed by atoms with Crippen LogP contribution in [0.15, 0.2) is 60.8 Å². The van der Waals surface area contributed by atoms with Gasteiger partial charge in [0.25, 0.3) is 5.91 Å². The molecule has 0 saturated heterocycles. The highest BCUT2D eigenvalue weighted by Gasteiger charge is 2.22. The summed E-state index contributed by atoms with van der Waals surface area (Å²) in [5, 5.41) is 8.15. The van der Waals surface area contributed by atoms with E-state index in [1.165, 1.54) is 28.0 Å². The highest BCUT2D eigenvalue weighted by atomic mass is 32.1. The number of aromatic nitrogens is 2. The predicted octanol–water partition coefficient (Wildman–Crippen LogP) is 4.54. The van der Waals surface area contributed by atoms with Gasteiger partial charge in [-0.1, -0.05) is 48.5 Å². The quantitative estimate of drug-likeness (QED) is 0.453. The molecule has 0 radical (unpaired) electrons. The number of anilines is 1. The number of hydrogen-bond acceptors (Lipinski definition) is 4. The number of H-pyrrole nitrogens is 1. The van der Waals surface area contributed by atoms with Gasteiger partial charge >= 0.3 is 0 Å². The Morgan fingerprint density at radius 2 is 1.89 bits per heavy atom. The van der Waals surface area contributed by atoms with Crippen LogP contribution in [0.5, 0.6) is 0 Å². The number of rotatable bonds is 6. The molecule has 1 amide bonds. The number of aromatic amines is 1. The zero-order chi connectivity index (χ0) is 19.5. The van der Waals surface area contributed by atoms with E-state index in [1.54, 1.807) is 0 Å². The maximum atomic E-state index is 12.9. The lowest BCUT2D eigenvalue weighted by atomic mass is 9.91. The molecule has 4 rings (SSSR count). The second-order valence-corrected chi connectivity index (χ2v) is 7.46. The summed E-state index contributed by atoms with van der Waals surface area (Å²) < 4.78 is 4.30. The normalized spacial score (nSPS) is 12.1. The summed E-state index contributed by atoms with van der Waals surface area (Å²) in [5.41, 5.74) is 4.81. The summed E-state index contributed by atoms with van der Waals surface area (Å²) in [6.45, 7) is 2.36. The van der Waals surface area contributed by atoms with Crippen molar-refractivity contribution in [3.63, 3.8) is 0 Å². The zero-order valence-corrected chi connectivity index (χ0v) is 16.6. The van der Waals surface area contributed by atoms with Crippen LogP contribution in [0.1, 0.15) is 33.1 Å². The molecular weight excluding hydrogens is 368 g/mol. The summed E-state index contributed by atoms with van der Waals surface area (Å²) >= 11 is 1.31. The number of fused-ring (bicyclic) bond motifs is 1. The molecule has 1 unspecified atom stereocenters. The van der Waals surface area contributed by atoms with E-state index in [-0.39, 0.29) is 11.8 Å². The van der Waals surface area contributed by atoms with Gasteiger partial charge in [-0.15, -0.1) is 0 Å². The van der Waals surface area contributed by atoms with E-state index in [9.17, 15) is 4.79 Å². The molecule has 0 aliphatic rings. The second kappa shape index (κ2) is 7.86. The zero-order valence-electron chi connectivity index (χ0n) is 15.8. The maximum absolute atomic E-state index is 12.9. The molecule has 0 aliphatic carbocycles. The minimum Gasteiger partial charge on any atom is -0.378 e. The molecule has 0 fully saturated rings. The first kappa shape index (κ1) is 18.3. The average molecular weight is 391 g/mol. The van der Waals surface area contributed by atoms with Crippen LogP contribution in [-0.4, -0.2) is 28.9 Å². The Labute approximate surface area is 168 Å². The number of nitrogens with one attached hydrogen (secondary N) is 3. The molecule has 3 N–H and O–H groups in total. The molecule has 2 heterocycles. The summed E-state index contributed by atoms with van der Waals surface area (Å²) in [6, 6.07) is 18.5. The Bertz CT molecular complexity index is 1100. The fourth-order valence-corrected chi connectivity index (χ4v) is 4.31. The van der Waals surface area contributed by atoms with E-state index in [1.807, 2.05) is 50.5 Å². The maximum Gasteiger partial charge on any atom is 0.256 e. The first-order chi connectivity index (χ1) is 13.7. The van der Waals surface area contributed by atoms with E-state index < -0.39 is 0 Å². The number of benzene rings is 2. The van der Waals surface area contributed by atoms with E-state index in [2.05, 4.69) is 44.3 Å². The molecule has 6 heteroatoms. The van der Waals surface area contributed by atoms with Crippen LogP contribution >= 0.6 is 11.5 Å². The lowest BCUT2D eigenvalue weighted by Gasteiger charge is -2.18. The first-order valence-electron chi connectivity index (χ1n) is 9.22. The van der Waals surface area contributed by atoms with E-state index >= 15 is 0 Å². The van der Waals surface area contributed by atoms with Gasteiger partial charge in [0.1, 0.15) is 5.00 Å². The van der Waals surface area contributed by atoms with Crippen molar-refractivity contribution in [2.45, 2.75) is 12.8 Å². The second-order valence-electron chi connectivity index (χ2n) is 6.69. The van der Waals surface area contributed by atoms with E-state index in [0.29, 0.717) is 12.1 Å². The molecule has 2 aromatic carbocycles. The van der Waals surface area contributed by atoms with Gasteiger partial charge in [-0.05, 0) is 35.6 Å². The Hall–Kier alpha value is -3.12. The number of hydrogen-bond donors (Lipinski definition) is 3. The number of carbonyl (C=O) groups excluding carboxylic acids is 1. The highest BCUT2D eigenvalue weighted by Crippen LogP contribution is 2.31. The fourth-order valence-electron chi connectivity index (χ4n) is 3.57.